The Labute approximate surface area is 124 Å². The zero-order valence-electron chi connectivity index (χ0n) is 11.0. The molecular weight excluding hydrogens is 309 g/mol. The van der Waals surface area contributed by atoms with E-state index in [1.807, 2.05) is 0 Å². The number of morpholine rings is 1. The standard InChI is InChI=1S/C13H14ClF3N2O2/c14-10-5-8(13(15,16)17)1-2-11(10)19-12(20)6-9-7-21-4-3-18-9/h1-2,5,9,18H,3-4,6-7H2,(H,19,20). The number of ether oxygens (including phenoxy) is 1. The molecule has 0 saturated carbocycles. The molecule has 116 valence electrons. The molecule has 0 bridgehead atoms. The molecule has 8 heteroatoms. The largest absolute Gasteiger partial charge is 0.416 e. The number of carbonyl (C=O) groups is 1. The third kappa shape index (κ3) is 4.59. The van der Waals surface area contributed by atoms with Crippen molar-refractivity contribution in [3.8, 4) is 0 Å². The summed E-state index contributed by atoms with van der Waals surface area (Å²) in [5.74, 6) is -0.334. The van der Waals surface area contributed by atoms with E-state index >= 15 is 0 Å². The lowest BCUT2D eigenvalue weighted by Crippen LogP contribution is -2.43. The molecule has 1 atom stereocenters. The first-order chi connectivity index (χ1) is 9.86. The van der Waals surface area contributed by atoms with Gasteiger partial charge in [0.2, 0.25) is 5.91 Å². The van der Waals surface area contributed by atoms with Crippen LogP contribution in [0.15, 0.2) is 18.2 Å². The van der Waals surface area contributed by atoms with E-state index in [2.05, 4.69) is 10.6 Å². The van der Waals surface area contributed by atoms with Gasteiger partial charge in [-0.05, 0) is 18.2 Å². The fourth-order valence-corrected chi connectivity index (χ4v) is 2.20. The van der Waals surface area contributed by atoms with Crippen LogP contribution in [-0.2, 0) is 15.7 Å². The number of rotatable bonds is 3. The highest BCUT2D eigenvalue weighted by Gasteiger charge is 2.31. The van der Waals surface area contributed by atoms with E-state index in [1.165, 1.54) is 0 Å². The van der Waals surface area contributed by atoms with Crippen molar-refractivity contribution < 1.29 is 22.7 Å². The van der Waals surface area contributed by atoms with Gasteiger partial charge >= 0.3 is 6.18 Å². The summed E-state index contributed by atoms with van der Waals surface area (Å²) in [4.78, 5) is 11.8. The molecular formula is C13H14ClF3N2O2. The van der Waals surface area contributed by atoms with Gasteiger partial charge in [-0.3, -0.25) is 4.79 Å². The number of amides is 1. The molecule has 1 fully saturated rings. The monoisotopic (exact) mass is 322 g/mol. The first-order valence-electron chi connectivity index (χ1n) is 6.34. The average Bonchev–Trinajstić information content (AvgIpc) is 2.41. The summed E-state index contributed by atoms with van der Waals surface area (Å²) < 4.78 is 42.7. The van der Waals surface area contributed by atoms with Crippen LogP contribution in [0.25, 0.3) is 0 Å². The highest BCUT2D eigenvalue weighted by atomic mass is 35.5. The van der Waals surface area contributed by atoms with E-state index in [4.69, 9.17) is 16.3 Å². The summed E-state index contributed by atoms with van der Waals surface area (Å²) in [7, 11) is 0. The predicted octanol–water partition coefficient (Wildman–Crippen LogP) is 2.68. The number of benzene rings is 1. The molecule has 1 aliphatic rings. The minimum absolute atomic E-state index is 0.105. The summed E-state index contributed by atoms with van der Waals surface area (Å²) in [6, 6.07) is 2.71. The minimum atomic E-state index is -4.46. The van der Waals surface area contributed by atoms with Crippen LogP contribution in [0, 0.1) is 0 Å². The van der Waals surface area contributed by atoms with Crippen molar-refractivity contribution in [2.45, 2.75) is 18.6 Å². The van der Waals surface area contributed by atoms with Gasteiger partial charge in [0.15, 0.2) is 0 Å². The molecule has 4 nitrogen and oxygen atoms in total. The van der Waals surface area contributed by atoms with Crippen LogP contribution in [0.5, 0.6) is 0 Å². The van der Waals surface area contributed by atoms with Crippen molar-refractivity contribution in [1.29, 1.82) is 0 Å². The van der Waals surface area contributed by atoms with E-state index in [-0.39, 0.29) is 29.1 Å². The molecule has 1 heterocycles. The van der Waals surface area contributed by atoms with Crippen molar-refractivity contribution in [2.75, 3.05) is 25.1 Å². The Morgan fingerprint density at radius 3 is 2.81 bits per heavy atom. The lowest BCUT2D eigenvalue weighted by atomic mass is 10.1. The molecule has 21 heavy (non-hydrogen) atoms. The van der Waals surface area contributed by atoms with E-state index in [0.717, 1.165) is 18.2 Å². The van der Waals surface area contributed by atoms with E-state index in [9.17, 15) is 18.0 Å². The van der Waals surface area contributed by atoms with Crippen LogP contribution in [0.4, 0.5) is 18.9 Å². The second kappa shape index (κ2) is 6.64. The number of nitrogens with one attached hydrogen (secondary N) is 2. The summed E-state index contributed by atoms with van der Waals surface area (Å²) >= 11 is 5.77. The molecule has 0 aromatic heterocycles. The van der Waals surface area contributed by atoms with Gasteiger partial charge in [-0.2, -0.15) is 13.2 Å². The third-order valence-electron chi connectivity index (χ3n) is 3.00. The number of anilines is 1. The highest BCUT2D eigenvalue weighted by Crippen LogP contribution is 2.33. The highest BCUT2D eigenvalue weighted by molar-refractivity contribution is 6.33. The summed E-state index contributed by atoms with van der Waals surface area (Å²) in [5, 5.41) is 5.47. The Morgan fingerprint density at radius 2 is 2.24 bits per heavy atom. The van der Waals surface area contributed by atoms with Crippen LogP contribution in [0.2, 0.25) is 5.02 Å². The SMILES string of the molecule is O=C(CC1COCCN1)Nc1ccc(C(F)(F)F)cc1Cl. The Morgan fingerprint density at radius 1 is 1.48 bits per heavy atom. The predicted molar refractivity (Wildman–Crippen MR) is 72.3 cm³/mol. The molecule has 1 amide bonds. The maximum atomic E-state index is 12.5. The van der Waals surface area contributed by atoms with Gasteiger partial charge in [0.1, 0.15) is 0 Å². The van der Waals surface area contributed by atoms with Gasteiger partial charge in [-0.15, -0.1) is 0 Å². The van der Waals surface area contributed by atoms with Crippen molar-refractivity contribution in [2.24, 2.45) is 0 Å². The fraction of sp³-hybridized carbons (Fsp3) is 0.462. The number of alkyl halides is 3. The molecule has 2 N–H and O–H groups in total. The molecule has 1 aromatic rings. The van der Waals surface area contributed by atoms with Gasteiger partial charge in [0, 0.05) is 19.0 Å². The second-order valence-corrected chi connectivity index (χ2v) is 5.08. The Balaban J connectivity index is 1.97. The van der Waals surface area contributed by atoms with Gasteiger partial charge in [-0.1, -0.05) is 11.6 Å². The van der Waals surface area contributed by atoms with E-state index in [1.54, 1.807) is 0 Å². The van der Waals surface area contributed by atoms with Crippen LogP contribution < -0.4 is 10.6 Å². The summed E-state index contributed by atoms with van der Waals surface area (Å²) in [5.41, 5.74) is -0.695. The molecule has 1 aromatic carbocycles. The van der Waals surface area contributed by atoms with E-state index in [0.29, 0.717) is 19.8 Å². The van der Waals surface area contributed by atoms with Crippen molar-refractivity contribution >= 4 is 23.2 Å². The Hall–Kier alpha value is -1.31. The van der Waals surface area contributed by atoms with Crippen molar-refractivity contribution in [1.82, 2.24) is 5.32 Å². The van der Waals surface area contributed by atoms with Gasteiger partial charge in [0.25, 0.3) is 0 Å². The zero-order valence-corrected chi connectivity index (χ0v) is 11.7. The first-order valence-corrected chi connectivity index (χ1v) is 6.72. The second-order valence-electron chi connectivity index (χ2n) is 4.67. The van der Waals surface area contributed by atoms with Crippen molar-refractivity contribution in [3.63, 3.8) is 0 Å². The number of halogens is 4. The van der Waals surface area contributed by atoms with Crippen LogP contribution >= 0.6 is 11.6 Å². The normalized spacial score (nSPS) is 19.3. The van der Waals surface area contributed by atoms with Crippen LogP contribution in [-0.4, -0.2) is 31.7 Å². The van der Waals surface area contributed by atoms with Crippen molar-refractivity contribution in [3.05, 3.63) is 28.8 Å². The maximum absolute atomic E-state index is 12.5. The first kappa shape index (κ1) is 16.1. The van der Waals surface area contributed by atoms with Gasteiger partial charge < -0.3 is 15.4 Å². The summed E-state index contributed by atoms with van der Waals surface area (Å²) in [6.07, 6.45) is -4.30. The lowest BCUT2D eigenvalue weighted by molar-refractivity contribution is -0.137. The van der Waals surface area contributed by atoms with E-state index < -0.39 is 11.7 Å². The number of carbonyl (C=O) groups excluding carboxylic acids is 1. The average molecular weight is 323 g/mol. The van der Waals surface area contributed by atoms with Gasteiger partial charge in [-0.25, -0.2) is 0 Å². The lowest BCUT2D eigenvalue weighted by Gasteiger charge is -2.23. The molecule has 1 aliphatic heterocycles. The third-order valence-corrected chi connectivity index (χ3v) is 3.31. The fourth-order valence-electron chi connectivity index (χ4n) is 1.97. The number of hydrogen-bond acceptors (Lipinski definition) is 3. The molecule has 0 aliphatic carbocycles. The smallest absolute Gasteiger partial charge is 0.378 e. The molecule has 1 saturated heterocycles. The van der Waals surface area contributed by atoms with Gasteiger partial charge in [0.05, 0.1) is 29.5 Å². The molecule has 0 spiro atoms. The maximum Gasteiger partial charge on any atom is 0.416 e. The molecule has 2 rings (SSSR count). The van der Waals surface area contributed by atoms with Crippen LogP contribution in [0.3, 0.4) is 0 Å². The number of hydrogen-bond donors (Lipinski definition) is 2. The molecule has 0 radical (unpaired) electrons. The molecule has 1 unspecified atom stereocenters. The Bertz CT molecular complexity index is 517. The summed E-state index contributed by atoms with van der Waals surface area (Å²) in [6.45, 7) is 1.69. The minimum Gasteiger partial charge on any atom is -0.378 e. The van der Waals surface area contributed by atoms with Crippen LogP contribution in [0.1, 0.15) is 12.0 Å². The Kier molecular flexibility index (Phi) is 5.08. The topological polar surface area (TPSA) is 50.4 Å². The quantitative estimate of drug-likeness (QED) is 0.899. The zero-order chi connectivity index (χ0) is 15.5.